The van der Waals surface area contributed by atoms with E-state index in [4.69, 9.17) is 9.63 Å². The van der Waals surface area contributed by atoms with Crippen LogP contribution >= 0.6 is 0 Å². The first-order chi connectivity index (χ1) is 7.09. The van der Waals surface area contributed by atoms with Crippen molar-refractivity contribution < 1.29 is 14.4 Å². The van der Waals surface area contributed by atoms with Gasteiger partial charge in [-0.25, -0.2) is 4.79 Å². The number of carboxylic acids is 1. The second-order valence-corrected chi connectivity index (χ2v) is 3.75. The Bertz CT molecular complexity index is 514. The molecule has 0 spiro atoms. The van der Waals surface area contributed by atoms with Gasteiger partial charge in [-0.1, -0.05) is 25.1 Å². The summed E-state index contributed by atoms with van der Waals surface area (Å²) in [6.45, 7) is 4.10. The fourth-order valence-electron chi connectivity index (χ4n) is 1.47. The van der Waals surface area contributed by atoms with E-state index in [1.807, 2.05) is 12.1 Å². The molecule has 78 valence electrons. The maximum atomic E-state index is 10.8. The first kappa shape index (κ1) is 9.71. The van der Waals surface area contributed by atoms with Gasteiger partial charge >= 0.3 is 5.97 Å². The van der Waals surface area contributed by atoms with Gasteiger partial charge in [-0.3, -0.25) is 0 Å². The molecule has 0 atom stereocenters. The summed E-state index contributed by atoms with van der Waals surface area (Å²) < 4.78 is 4.91. The number of rotatable bonds is 2. The van der Waals surface area contributed by atoms with Gasteiger partial charge in [0, 0.05) is 0 Å². The maximum absolute atomic E-state index is 10.8. The molecule has 0 saturated heterocycles. The minimum Gasteiger partial charge on any atom is -0.476 e. The first-order valence-electron chi connectivity index (χ1n) is 4.72. The molecule has 0 unspecified atom stereocenters. The van der Waals surface area contributed by atoms with E-state index >= 15 is 0 Å². The topological polar surface area (TPSA) is 63.3 Å². The maximum Gasteiger partial charge on any atom is 0.358 e. The van der Waals surface area contributed by atoms with Crippen molar-refractivity contribution in [3.63, 3.8) is 0 Å². The van der Waals surface area contributed by atoms with E-state index < -0.39 is 5.97 Å². The fraction of sp³-hybridized carbons (Fsp3) is 0.273. The Hall–Kier alpha value is -1.84. The largest absolute Gasteiger partial charge is 0.476 e. The summed E-state index contributed by atoms with van der Waals surface area (Å²) in [5.41, 5.74) is 1.57. The lowest BCUT2D eigenvalue weighted by Crippen LogP contribution is -1.97. The molecule has 2 rings (SSSR count). The zero-order valence-corrected chi connectivity index (χ0v) is 8.52. The molecule has 0 aliphatic carbocycles. The van der Waals surface area contributed by atoms with Gasteiger partial charge in [-0.2, -0.15) is 0 Å². The summed E-state index contributed by atoms with van der Waals surface area (Å²) in [7, 11) is 0. The van der Waals surface area contributed by atoms with Crippen LogP contribution in [0.15, 0.2) is 22.7 Å². The van der Waals surface area contributed by atoms with Crippen LogP contribution in [0.1, 0.15) is 35.8 Å². The Labute approximate surface area is 86.5 Å². The second-order valence-electron chi connectivity index (χ2n) is 3.75. The highest BCUT2D eigenvalue weighted by Crippen LogP contribution is 2.23. The highest BCUT2D eigenvalue weighted by Gasteiger charge is 2.15. The molecule has 4 heteroatoms. The van der Waals surface area contributed by atoms with Gasteiger partial charge in [0.2, 0.25) is 0 Å². The molecule has 1 heterocycles. The Morgan fingerprint density at radius 2 is 2.20 bits per heavy atom. The van der Waals surface area contributed by atoms with Crippen LogP contribution in [-0.2, 0) is 0 Å². The lowest BCUT2D eigenvalue weighted by atomic mass is 10.0. The number of aromatic carboxylic acids is 1. The van der Waals surface area contributed by atoms with Gasteiger partial charge in [0.15, 0.2) is 11.3 Å². The van der Waals surface area contributed by atoms with Crippen molar-refractivity contribution in [2.45, 2.75) is 19.8 Å². The molecule has 0 amide bonds. The van der Waals surface area contributed by atoms with Gasteiger partial charge in [-0.05, 0) is 23.6 Å². The molecule has 4 nitrogen and oxygen atoms in total. The van der Waals surface area contributed by atoms with Crippen molar-refractivity contribution in [2.75, 3.05) is 0 Å². The van der Waals surface area contributed by atoms with Crippen molar-refractivity contribution in [2.24, 2.45) is 0 Å². The Morgan fingerprint density at radius 1 is 1.47 bits per heavy atom. The number of fused-ring (bicyclic) bond motifs is 1. The zero-order chi connectivity index (χ0) is 11.0. The van der Waals surface area contributed by atoms with Crippen LogP contribution in [0.2, 0.25) is 0 Å². The molecule has 0 aliphatic heterocycles. The van der Waals surface area contributed by atoms with Crippen molar-refractivity contribution in [3.05, 3.63) is 29.5 Å². The van der Waals surface area contributed by atoms with Gasteiger partial charge < -0.3 is 9.63 Å². The Kier molecular flexibility index (Phi) is 2.19. The number of nitrogens with zero attached hydrogens (tertiary/aromatic N) is 1. The predicted molar refractivity (Wildman–Crippen MR) is 55.1 cm³/mol. The SMILES string of the molecule is CC(C)c1ccc2onc(C(=O)O)c2c1. The smallest absolute Gasteiger partial charge is 0.358 e. The molecular weight excluding hydrogens is 194 g/mol. The normalized spacial score (nSPS) is 11.1. The highest BCUT2D eigenvalue weighted by atomic mass is 16.5. The number of aromatic nitrogens is 1. The summed E-state index contributed by atoms with van der Waals surface area (Å²) in [5, 5.41) is 13.0. The van der Waals surface area contributed by atoms with Gasteiger partial charge in [0.25, 0.3) is 0 Å². The van der Waals surface area contributed by atoms with Gasteiger partial charge in [-0.15, -0.1) is 0 Å². The van der Waals surface area contributed by atoms with E-state index in [1.165, 1.54) is 0 Å². The molecule has 15 heavy (non-hydrogen) atoms. The molecule has 1 aromatic carbocycles. The third kappa shape index (κ3) is 1.58. The molecule has 0 saturated carbocycles. The number of carboxylic acid groups (broad SMARTS) is 1. The quantitative estimate of drug-likeness (QED) is 0.818. The van der Waals surface area contributed by atoms with Crippen molar-refractivity contribution in [1.82, 2.24) is 5.16 Å². The average molecular weight is 205 g/mol. The summed E-state index contributed by atoms with van der Waals surface area (Å²) in [6, 6.07) is 5.49. The van der Waals surface area contributed by atoms with E-state index in [0.717, 1.165) is 5.56 Å². The first-order valence-corrected chi connectivity index (χ1v) is 4.72. The zero-order valence-electron chi connectivity index (χ0n) is 8.52. The molecular formula is C11H11NO3. The van der Waals surface area contributed by atoms with Crippen molar-refractivity contribution in [3.8, 4) is 0 Å². The van der Waals surface area contributed by atoms with Gasteiger partial charge in [0.1, 0.15) is 0 Å². The summed E-state index contributed by atoms with van der Waals surface area (Å²) in [4.78, 5) is 10.8. The van der Waals surface area contributed by atoms with Crippen LogP contribution in [0.25, 0.3) is 11.0 Å². The number of hydrogen-bond donors (Lipinski definition) is 1. The lowest BCUT2D eigenvalue weighted by molar-refractivity contribution is 0.0688. The summed E-state index contributed by atoms with van der Waals surface area (Å²) >= 11 is 0. The number of benzene rings is 1. The fourth-order valence-corrected chi connectivity index (χ4v) is 1.47. The van der Waals surface area contributed by atoms with Crippen LogP contribution in [0.4, 0.5) is 0 Å². The van der Waals surface area contributed by atoms with Crippen LogP contribution in [-0.4, -0.2) is 16.2 Å². The van der Waals surface area contributed by atoms with Crippen molar-refractivity contribution >= 4 is 16.9 Å². The molecule has 1 aromatic heterocycles. The third-order valence-electron chi connectivity index (χ3n) is 2.36. The second kappa shape index (κ2) is 3.38. The van der Waals surface area contributed by atoms with Crippen LogP contribution in [0, 0.1) is 0 Å². The summed E-state index contributed by atoms with van der Waals surface area (Å²) in [6.07, 6.45) is 0. The minimum atomic E-state index is -1.06. The van der Waals surface area contributed by atoms with E-state index in [1.54, 1.807) is 6.07 Å². The van der Waals surface area contributed by atoms with Gasteiger partial charge in [0.05, 0.1) is 5.39 Å². The molecule has 0 fully saturated rings. The minimum absolute atomic E-state index is 0.0208. The lowest BCUT2D eigenvalue weighted by Gasteiger charge is -2.03. The van der Waals surface area contributed by atoms with E-state index in [-0.39, 0.29) is 5.69 Å². The average Bonchev–Trinajstić information content (AvgIpc) is 2.59. The number of hydrogen-bond acceptors (Lipinski definition) is 3. The predicted octanol–water partition coefficient (Wildman–Crippen LogP) is 2.65. The molecule has 2 aromatic rings. The molecule has 0 bridgehead atoms. The van der Waals surface area contributed by atoms with E-state index in [2.05, 4.69) is 19.0 Å². The Morgan fingerprint density at radius 3 is 2.80 bits per heavy atom. The molecule has 0 radical (unpaired) electrons. The van der Waals surface area contributed by atoms with Crippen LogP contribution in [0.5, 0.6) is 0 Å². The highest BCUT2D eigenvalue weighted by molar-refractivity contribution is 6.00. The number of carbonyl (C=O) groups is 1. The van der Waals surface area contributed by atoms with E-state index in [9.17, 15) is 4.79 Å². The summed E-state index contributed by atoms with van der Waals surface area (Å²) in [5.74, 6) is -0.708. The standard InChI is InChI=1S/C11H11NO3/c1-6(2)7-3-4-9-8(5-7)10(11(13)14)12-15-9/h3-6H,1-2H3,(H,13,14). The van der Waals surface area contributed by atoms with Crippen LogP contribution < -0.4 is 0 Å². The van der Waals surface area contributed by atoms with Crippen LogP contribution in [0.3, 0.4) is 0 Å². The van der Waals surface area contributed by atoms with Crippen molar-refractivity contribution in [1.29, 1.82) is 0 Å². The monoisotopic (exact) mass is 205 g/mol. The molecule has 0 aliphatic rings. The third-order valence-corrected chi connectivity index (χ3v) is 2.36. The Balaban J connectivity index is 2.66. The van der Waals surface area contributed by atoms with E-state index in [0.29, 0.717) is 16.9 Å². The molecule has 1 N–H and O–H groups in total.